The van der Waals surface area contributed by atoms with Crippen molar-refractivity contribution in [1.82, 2.24) is 9.97 Å². The summed E-state index contributed by atoms with van der Waals surface area (Å²) in [6, 6.07) is 0. The molecule has 0 aliphatic heterocycles. The Labute approximate surface area is 94.9 Å². The number of nitrogens with two attached hydrogens (primary N) is 1. The number of likely N-dealkylation sites (N-methyl/N-ethyl adjacent to an activating group) is 1. The molecule has 1 rings (SSSR count). The highest BCUT2D eigenvalue weighted by molar-refractivity contribution is 5.78. The largest absolute Gasteiger partial charge is 0.369 e. The van der Waals surface area contributed by atoms with E-state index in [-0.39, 0.29) is 6.54 Å². The van der Waals surface area contributed by atoms with Gasteiger partial charge in [-0.25, -0.2) is 4.98 Å². The first-order chi connectivity index (χ1) is 7.63. The van der Waals surface area contributed by atoms with E-state index in [1.807, 2.05) is 0 Å². The van der Waals surface area contributed by atoms with E-state index in [1.54, 1.807) is 24.3 Å². The van der Waals surface area contributed by atoms with Crippen molar-refractivity contribution < 1.29 is 4.79 Å². The zero-order valence-electron chi connectivity index (χ0n) is 9.60. The van der Waals surface area contributed by atoms with Crippen LogP contribution in [0.5, 0.6) is 0 Å². The monoisotopic (exact) mass is 223 g/mol. The predicted octanol–water partition coefficient (Wildman–Crippen LogP) is 0.220. The summed E-state index contributed by atoms with van der Waals surface area (Å²) in [5.74, 6) is 0.937. The van der Waals surface area contributed by atoms with Gasteiger partial charge in [0.15, 0.2) is 0 Å². The minimum absolute atomic E-state index is 0.131. The highest BCUT2D eigenvalue weighted by Crippen LogP contribution is 2.10. The van der Waals surface area contributed by atoms with Crippen molar-refractivity contribution in [2.45, 2.75) is 13.3 Å². The Bertz CT molecular complexity index is 355. The van der Waals surface area contributed by atoms with Crippen molar-refractivity contribution in [3.63, 3.8) is 0 Å². The van der Waals surface area contributed by atoms with Crippen molar-refractivity contribution in [2.75, 3.05) is 30.4 Å². The van der Waals surface area contributed by atoms with E-state index in [0.29, 0.717) is 11.6 Å². The van der Waals surface area contributed by atoms with Gasteiger partial charge in [-0.1, -0.05) is 6.92 Å². The lowest BCUT2D eigenvalue weighted by Crippen LogP contribution is -2.31. The number of carbonyl (C=O) groups is 1. The van der Waals surface area contributed by atoms with Gasteiger partial charge in [-0.3, -0.25) is 9.78 Å². The molecule has 0 saturated heterocycles. The second kappa shape index (κ2) is 5.89. The third-order valence-electron chi connectivity index (χ3n) is 1.96. The van der Waals surface area contributed by atoms with Crippen LogP contribution in [0.4, 0.5) is 11.6 Å². The Balaban J connectivity index is 2.69. The molecule has 1 aromatic rings. The van der Waals surface area contributed by atoms with Crippen molar-refractivity contribution in [1.29, 1.82) is 0 Å². The van der Waals surface area contributed by atoms with Gasteiger partial charge in [0.1, 0.15) is 11.6 Å². The Hall–Kier alpha value is -1.85. The van der Waals surface area contributed by atoms with E-state index in [9.17, 15) is 4.79 Å². The summed E-state index contributed by atoms with van der Waals surface area (Å²) in [5.41, 5.74) is 5.10. The molecule has 1 aromatic heterocycles. The normalized spacial score (nSPS) is 9.88. The maximum absolute atomic E-state index is 10.8. The number of carbonyl (C=O) groups excluding carboxylic acids is 1. The fourth-order valence-electron chi connectivity index (χ4n) is 1.19. The zero-order chi connectivity index (χ0) is 12.0. The van der Waals surface area contributed by atoms with E-state index in [4.69, 9.17) is 5.73 Å². The van der Waals surface area contributed by atoms with Gasteiger partial charge < -0.3 is 16.0 Å². The molecule has 16 heavy (non-hydrogen) atoms. The summed E-state index contributed by atoms with van der Waals surface area (Å²) < 4.78 is 0. The smallest absolute Gasteiger partial charge is 0.236 e. The summed E-state index contributed by atoms with van der Waals surface area (Å²) in [6.07, 6.45) is 4.26. The third-order valence-corrected chi connectivity index (χ3v) is 1.96. The van der Waals surface area contributed by atoms with Gasteiger partial charge in [-0.15, -0.1) is 0 Å². The quantitative estimate of drug-likeness (QED) is 0.720. The number of primary amides is 1. The van der Waals surface area contributed by atoms with Crippen molar-refractivity contribution in [2.24, 2.45) is 5.73 Å². The zero-order valence-corrected chi connectivity index (χ0v) is 9.60. The number of hydrogen-bond donors (Lipinski definition) is 2. The van der Waals surface area contributed by atoms with Crippen LogP contribution in [0, 0.1) is 0 Å². The van der Waals surface area contributed by atoms with Crippen LogP contribution in [0.2, 0.25) is 0 Å². The minimum atomic E-state index is -0.392. The van der Waals surface area contributed by atoms with Crippen LogP contribution < -0.4 is 16.0 Å². The summed E-state index contributed by atoms with van der Waals surface area (Å²) in [4.78, 5) is 20.8. The van der Waals surface area contributed by atoms with E-state index >= 15 is 0 Å². The number of aromatic nitrogens is 2. The molecule has 0 radical (unpaired) electrons. The third kappa shape index (κ3) is 3.72. The molecule has 0 spiro atoms. The molecule has 0 atom stereocenters. The Morgan fingerprint density at radius 1 is 1.56 bits per heavy atom. The molecule has 6 heteroatoms. The summed E-state index contributed by atoms with van der Waals surface area (Å²) in [5, 5.41) is 3.13. The average Bonchev–Trinajstić information content (AvgIpc) is 2.26. The molecule has 1 amide bonds. The molecule has 88 valence electrons. The van der Waals surface area contributed by atoms with Crippen LogP contribution in [-0.2, 0) is 4.79 Å². The number of nitrogens with one attached hydrogen (secondary N) is 1. The molecular weight excluding hydrogens is 206 g/mol. The van der Waals surface area contributed by atoms with Crippen LogP contribution >= 0.6 is 0 Å². The Morgan fingerprint density at radius 3 is 2.94 bits per heavy atom. The van der Waals surface area contributed by atoms with Crippen molar-refractivity contribution in [3.8, 4) is 0 Å². The van der Waals surface area contributed by atoms with E-state index in [2.05, 4.69) is 22.2 Å². The van der Waals surface area contributed by atoms with Crippen LogP contribution in [0.3, 0.4) is 0 Å². The number of nitrogens with zero attached hydrogens (tertiary/aromatic N) is 3. The minimum Gasteiger partial charge on any atom is -0.369 e. The maximum atomic E-state index is 10.8. The molecule has 0 aliphatic carbocycles. The first-order valence-electron chi connectivity index (χ1n) is 5.19. The fourth-order valence-corrected chi connectivity index (χ4v) is 1.19. The first-order valence-corrected chi connectivity index (χ1v) is 5.19. The topological polar surface area (TPSA) is 84.1 Å². The number of anilines is 2. The lowest BCUT2D eigenvalue weighted by Gasteiger charge is -2.16. The standard InChI is InChI=1S/C10H17N5O/c1-3-4-13-9-5-12-6-10(14-9)15(2)7-8(11)16/h5-6H,3-4,7H2,1-2H3,(H2,11,16)(H,13,14). The van der Waals surface area contributed by atoms with Crippen LogP contribution in [0.25, 0.3) is 0 Å². The fraction of sp³-hybridized carbons (Fsp3) is 0.500. The van der Waals surface area contributed by atoms with Gasteiger partial charge in [0.05, 0.1) is 18.9 Å². The lowest BCUT2D eigenvalue weighted by molar-refractivity contribution is -0.116. The van der Waals surface area contributed by atoms with Crippen LogP contribution in [-0.4, -0.2) is 36.0 Å². The lowest BCUT2D eigenvalue weighted by atomic mass is 10.4. The molecule has 6 nitrogen and oxygen atoms in total. The molecule has 0 bridgehead atoms. The number of hydrogen-bond acceptors (Lipinski definition) is 5. The van der Waals surface area contributed by atoms with Crippen LogP contribution in [0.1, 0.15) is 13.3 Å². The van der Waals surface area contributed by atoms with Gasteiger partial charge in [0, 0.05) is 13.6 Å². The van der Waals surface area contributed by atoms with E-state index < -0.39 is 5.91 Å². The second-order valence-electron chi connectivity index (χ2n) is 3.51. The molecule has 0 aromatic carbocycles. The van der Waals surface area contributed by atoms with Gasteiger partial charge in [-0.05, 0) is 6.42 Å². The van der Waals surface area contributed by atoms with Crippen LogP contribution in [0.15, 0.2) is 12.4 Å². The van der Waals surface area contributed by atoms with Crippen molar-refractivity contribution >= 4 is 17.5 Å². The van der Waals surface area contributed by atoms with E-state index in [0.717, 1.165) is 13.0 Å². The highest BCUT2D eigenvalue weighted by atomic mass is 16.1. The van der Waals surface area contributed by atoms with E-state index in [1.165, 1.54) is 0 Å². The average molecular weight is 223 g/mol. The predicted molar refractivity (Wildman–Crippen MR) is 63.3 cm³/mol. The second-order valence-corrected chi connectivity index (χ2v) is 3.51. The SMILES string of the molecule is CCCNc1cncc(N(C)CC(N)=O)n1. The maximum Gasteiger partial charge on any atom is 0.236 e. The van der Waals surface area contributed by atoms with Crippen molar-refractivity contribution in [3.05, 3.63) is 12.4 Å². The summed E-state index contributed by atoms with van der Waals surface area (Å²) in [6.45, 7) is 3.05. The summed E-state index contributed by atoms with van der Waals surface area (Å²) in [7, 11) is 1.75. The Kier molecular flexibility index (Phi) is 4.50. The molecule has 1 heterocycles. The van der Waals surface area contributed by atoms with Gasteiger partial charge >= 0.3 is 0 Å². The molecule has 0 aliphatic rings. The molecule has 0 fully saturated rings. The van der Waals surface area contributed by atoms with Gasteiger partial charge in [-0.2, -0.15) is 0 Å². The molecule has 0 saturated carbocycles. The molecule has 0 unspecified atom stereocenters. The molecule has 3 N–H and O–H groups in total. The summed E-state index contributed by atoms with van der Waals surface area (Å²) >= 11 is 0. The number of rotatable bonds is 6. The first kappa shape index (κ1) is 12.2. The Morgan fingerprint density at radius 2 is 2.31 bits per heavy atom. The van der Waals surface area contributed by atoms with Gasteiger partial charge in [0.2, 0.25) is 5.91 Å². The van der Waals surface area contributed by atoms with Gasteiger partial charge in [0.25, 0.3) is 0 Å². The number of amides is 1. The molecular formula is C10H17N5O. The highest BCUT2D eigenvalue weighted by Gasteiger charge is 2.06.